The minimum absolute atomic E-state index is 0.0624. The molecule has 0 aliphatic rings. The van der Waals surface area contributed by atoms with Crippen molar-refractivity contribution in [2.75, 3.05) is 6.54 Å². The summed E-state index contributed by atoms with van der Waals surface area (Å²) in [4.78, 5) is 0. The van der Waals surface area contributed by atoms with Crippen molar-refractivity contribution in [2.24, 2.45) is 7.05 Å². The lowest BCUT2D eigenvalue weighted by Gasteiger charge is -2.17. The van der Waals surface area contributed by atoms with E-state index in [1.54, 1.807) is 16.8 Å². The fourth-order valence-electron chi connectivity index (χ4n) is 2.05. The summed E-state index contributed by atoms with van der Waals surface area (Å²) in [6, 6.07) is 6.77. The highest BCUT2D eigenvalue weighted by molar-refractivity contribution is 5.21. The summed E-state index contributed by atoms with van der Waals surface area (Å²) < 4.78 is 15.0. The molecule has 0 saturated carbocycles. The second-order valence-electron chi connectivity index (χ2n) is 4.65. The quantitative estimate of drug-likeness (QED) is 0.868. The first-order chi connectivity index (χ1) is 9.19. The Morgan fingerprint density at radius 2 is 2.26 bits per heavy atom. The van der Waals surface area contributed by atoms with E-state index >= 15 is 0 Å². The van der Waals surface area contributed by atoms with Gasteiger partial charge in [-0.2, -0.15) is 0 Å². The van der Waals surface area contributed by atoms with Crippen LogP contribution < -0.4 is 5.32 Å². The highest BCUT2D eigenvalue weighted by Crippen LogP contribution is 2.18. The number of nitrogens with zero attached hydrogens (tertiary/aromatic N) is 3. The standard InChI is InChI=1S/C14H19FN4/c1-3-7-16-14(9-13-10-19(2)18-17-13)11-5-4-6-12(15)8-11/h4-6,8,10,14,16H,3,7,9H2,1-2H3. The zero-order chi connectivity index (χ0) is 13.7. The van der Waals surface area contributed by atoms with Crippen molar-refractivity contribution in [3.8, 4) is 0 Å². The summed E-state index contributed by atoms with van der Waals surface area (Å²) in [5, 5.41) is 11.4. The molecular formula is C14H19FN4. The predicted octanol–water partition coefficient (Wildman–Crippen LogP) is 2.24. The number of halogens is 1. The van der Waals surface area contributed by atoms with Crippen LogP contribution in [0.3, 0.4) is 0 Å². The van der Waals surface area contributed by atoms with Crippen molar-refractivity contribution in [1.29, 1.82) is 0 Å². The molecule has 0 radical (unpaired) electrons. The predicted molar refractivity (Wildman–Crippen MR) is 72.1 cm³/mol. The first-order valence-electron chi connectivity index (χ1n) is 6.53. The average Bonchev–Trinajstić information content (AvgIpc) is 2.80. The van der Waals surface area contributed by atoms with Gasteiger partial charge >= 0.3 is 0 Å². The molecule has 102 valence electrons. The van der Waals surface area contributed by atoms with Crippen LogP contribution in [0.15, 0.2) is 30.5 Å². The Bertz CT molecular complexity index is 524. The van der Waals surface area contributed by atoms with E-state index < -0.39 is 0 Å². The second-order valence-corrected chi connectivity index (χ2v) is 4.65. The SMILES string of the molecule is CCCNC(Cc1cn(C)nn1)c1cccc(F)c1. The number of aryl methyl sites for hydroxylation is 1. The molecule has 0 saturated heterocycles. The van der Waals surface area contributed by atoms with E-state index in [4.69, 9.17) is 0 Å². The number of hydrogen-bond donors (Lipinski definition) is 1. The van der Waals surface area contributed by atoms with Crippen LogP contribution in [0.25, 0.3) is 0 Å². The molecule has 0 fully saturated rings. The van der Waals surface area contributed by atoms with Crippen LogP contribution in [0.2, 0.25) is 0 Å². The van der Waals surface area contributed by atoms with E-state index in [0.717, 1.165) is 24.2 Å². The van der Waals surface area contributed by atoms with Gasteiger partial charge in [-0.3, -0.25) is 4.68 Å². The summed E-state index contributed by atoms with van der Waals surface area (Å²) in [6.07, 6.45) is 3.63. The zero-order valence-electron chi connectivity index (χ0n) is 11.3. The Labute approximate surface area is 112 Å². The van der Waals surface area contributed by atoms with Crippen LogP contribution in [-0.4, -0.2) is 21.5 Å². The molecule has 2 aromatic rings. The second kappa shape index (κ2) is 6.43. The first kappa shape index (κ1) is 13.7. The fraction of sp³-hybridized carbons (Fsp3) is 0.429. The smallest absolute Gasteiger partial charge is 0.123 e. The van der Waals surface area contributed by atoms with Gasteiger partial charge in [-0.05, 0) is 30.7 Å². The number of nitrogens with one attached hydrogen (secondary N) is 1. The highest BCUT2D eigenvalue weighted by Gasteiger charge is 2.14. The molecule has 0 spiro atoms. The maximum absolute atomic E-state index is 13.3. The third-order valence-electron chi connectivity index (χ3n) is 2.96. The van der Waals surface area contributed by atoms with E-state index in [1.807, 2.05) is 19.3 Å². The van der Waals surface area contributed by atoms with Gasteiger partial charge in [0, 0.05) is 25.7 Å². The van der Waals surface area contributed by atoms with E-state index in [-0.39, 0.29) is 11.9 Å². The summed E-state index contributed by atoms with van der Waals surface area (Å²) in [6.45, 7) is 3.00. The van der Waals surface area contributed by atoms with Crippen molar-refractivity contribution in [1.82, 2.24) is 20.3 Å². The van der Waals surface area contributed by atoms with Gasteiger partial charge in [0.15, 0.2) is 0 Å². The molecular weight excluding hydrogens is 243 g/mol. The van der Waals surface area contributed by atoms with Gasteiger partial charge in [0.2, 0.25) is 0 Å². The lowest BCUT2D eigenvalue weighted by molar-refractivity contribution is 0.519. The van der Waals surface area contributed by atoms with Gasteiger partial charge in [0.05, 0.1) is 5.69 Å². The molecule has 1 N–H and O–H groups in total. The molecule has 5 heteroatoms. The Kier molecular flexibility index (Phi) is 4.63. The minimum atomic E-state index is -0.208. The molecule has 0 bridgehead atoms. The van der Waals surface area contributed by atoms with E-state index in [1.165, 1.54) is 6.07 Å². The number of benzene rings is 1. The van der Waals surface area contributed by atoms with E-state index in [9.17, 15) is 4.39 Å². The van der Waals surface area contributed by atoms with E-state index in [0.29, 0.717) is 6.42 Å². The van der Waals surface area contributed by atoms with Crippen LogP contribution in [0.4, 0.5) is 4.39 Å². The molecule has 1 aromatic heterocycles. The van der Waals surface area contributed by atoms with Crippen LogP contribution >= 0.6 is 0 Å². The largest absolute Gasteiger partial charge is 0.310 e. The van der Waals surface area contributed by atoms with Gasteiger partial charge in [0.1, 0.15) is 5.82 Å². The molecule has 1 unspecified atom stereocenters. The number of aromatic nitrogens is 3. The number of rotatable bonds is 6. The Hall–Kier alpha value is -1.75. The maximum atomic E-state index is 13.3. The molecule has 4 nitrogen and oxygen atoms in total. The van der Waals surface area contributed by atoms with Gasteiger partial charge in [-0.1, -0.05) is 24.3 Å². The van der Waals surface area contributed by atoms with Gasteiger partial charge in [-0.25, -0.2) is 4.39 Å². The third kappa shape index (κ3) is 3.86. The van der Waals surface area contributed by atoms with Gasteiger partial charge < -0.3 is 5.32 Å². The van der Waals surface area contributed by atoms with Gasteiger partial charge in [-0.15, -0.1) is 5.10 Å². The molecule has 2 rings (SSSR count). The summed E-state index contributed by atoms with van der Waals surface area (Å²) in [7, 11) is 1.84. The van der Waals surface area contributed by atoms with Crippen molar-refractivity contribution < 1.29 is 4.39 Å². The highest BCUT2D eigenvalue weighted by atomic mass is 19.1. The lowest BCUT2D eigenvalue weighted by Crippen LogP contribution is -2.24. The molecule has 0 aliphatic carbocycles. The third-order valence-corrected chi connectivity index (χ3v) is 2.96. The monoisotopic (exact) mass is 262 g/mol. The minimum Gasteiger partial charge on any atom is -0.310 e. The Balaban J connectivity index is 2.15. The van der Waals surface area contributed by atoms with Crippen LogP contribution in [-0.2, 0) is 13.5 Å². The zero-order valence-corrected chi connectivity index (χ0v) is 11.3. The van der Waals surface area contributed by atoms with Crippen molar-refractivity contribution in [2.45, 2.75) is 25.8 Å². The molecule has 1 atom stereocenters. The summed E-state index contributed by atoms with van der Waals surface area (Å²) in [5.41, 5.74) is 1.85. The van der Waals surface area contributed by atoms with E-state index in [2.05, 4.69) is 22.6 Å². The van der Waals surface area contributed by atoms with Crippen molar-refractivity contribution in [3.63, 3.8) is 0 Å². The topological polar surface area (TPSA) is 42.7 Å². The summed E-state index contributed by atoms with van der Waals surface area (Å²) >= 11 is 0. The van der Waals surface area contributed by atoms with Crippen molar-refractivity contribution in [3.05, 3.63) is 47.5 Å². The molecule has 0 aliphatic heterocycles. The Morgan fingerprint density at radius 3 is 2.89 bits per heavy atom. The molecule has 1 aromatic carbocycles. The van der Waals surface area contributed by atoms with Crippen LogP contribution in [0.1, 0.15) is 30.6 Å². The average molecular weight is 262 g/mol. The lowest BCUT2D eigenvalue weighted by atomic mass is 10.0. The fourth-order valence-corrected chi connectivity index (χ4v) is 2.05. The molecule has 0 amide bonds. The van der Waals surface area contributed by atoms with Crippen LogP contribution in [0.5, 0.6) is 0 Å². The maximum Gasteiger partial charge on any atom is 0.123 e. The van der Waals surface area contributed by atoms with Gasteiger partial charge in [0.25, 0.3) is 0 Å². The molecule has 1 heterocycles. The number of hydrogen-bond acceptors (Lipinski definition) is 3. The molecule has 19 heavy (non-hydrogen) atoms. The van der Waals surface area contributed by atoms with Crippen LogP contribution in [0, 0.1) is 5.82 Å². The normalized spacial score (nSPS) is 12.6. The van der Waals surface area contributed by atoms with Crippen molar-refractivity contribution >= 4 is 0 Å². The first-order valence-corrected chi connectivity index (χ1v) is 6.53. The Morgan fingerprint density at radius 1 is 1.42 bits per heavy atom. The summed E-state index contributed by atoms with van der Waals surface area (Å²) in [5.74, 6) is -0.208.